The van der Waals surface area contributed by atoms with Gasteiger partial charge in [0.05, 0.1) is 10.7 Å². The van der Waals surface area contributed by atoms with Crippen LogP contribution in [0.1, 0.15) is 16.1 Å². The monoisotopic (exact) mass is 254 g/mol. The van der Waals surface area contributed by atoms with E-state index in [0.29, 0.717) is 11.3 Å². The molecule has 16 heavy (non-hydrogen) atoms. The van der Waals surface area contributed by atoms with Crippen molar-refractivity contribution in [3.8, 4) is 5.69 Å². The fourth-order valence-corrected chi connectivity index (χ4v) is 2.06. The lowest BCUT2D eigenvalue weighted by Crippen LogP contribution is -1.96. The predicted molar refractivity (Wildman–Crippen MR) is 63.7 cm³/mol. The van der Waals surface area contributed by atoms with Gasteiger partial charge in [0.1, 0.15) is 5.69 Å². The van der Waals surface area contributed by atoms with Crippen molar-refractivity contribution in [3.63, 3.8) is 0 Å². The van der Waals surface area contributed by atoms with Crippen LogP contribution < -0.4 is 0 Å². The first kappa shape index (κ1) is 11.2. The van der Waals surface area contributed by atoms with Gasteiger partial charge in [0.25, 0.3) is 0 Å². The number of hydrogen-bond donors (Lipinski definition) is 0. The Morgan fingerprint density at radius 2 is 2.12 bits per heavy atom. The van der Waals surface area contributed by atoms with Crippen molar-refractivity contribution >= 4 is 29.5 Å². The Morgan fingerprint density at radius 1 is 1.38 bits per heavy atom. The molecule has 3 nitrogen and oxygen atoms in total. The van der Waals surface area contributed by atoms with Crippen LogP contribution >= 0.6 is 23.2 Å². The molecule has 1 heterocycles. The Balaban J connectivity index is 2.66. The summed E-state index contributed by atoms with van der Waals surface area (Å²) in [6, 6.07) is 5.53. The Labute approximate surface area is 103 Å². The van der Waals surface area contributed by atoms with Gasteiger partial charge in [-0.25, -0.2) is 4.98 Å². The standard InChI is InChI=1S/C11H8Cl2N2O/c1-7-3-2-4-9(12)10(7)15-5-8(6-16)14-11(15)13/h2-6H,1H3. The lowest BCUT2D eigenvalue weighted by Gasteiger charge is -2.09. The van der Waals surface area contributed by atoms with E-state index in [0.717, 1.165) is 11.3 Å². The highest BCUT2D eigenvalue weighted by Crippen LogP contribution is 2.26. The maximum atomic E-state index is 10.6. The summed E-state index contributed by atoms with van der Waals surface area (Å²) in [5.74, 6) is 0. The summed E-state index contributed by atoms with van der Waals surface area (Å²) in [6.45, 7) is 1.91. The molecule has 2 rings (SSSR count). The molecular weight excluding hydrogens is 247 g/mol. The summed E-state index contributed by atoms with van der Waals surface area (Å²) in [6.07, 6.45) is 2.21. The van der Waals surface area contributed by atoms with Gasteiger partial charge in [-0.05, 0) is 30.2 Å². The summed E-state index contributed by atoms with van der Waals surface area (Å²) in [7, 11) is 0. The van der Waals surface area contributed by atoms with E-state index in [9.17, 15) is 4.79 Å². The molecule has 0 aliphatic rings. The van der Waals surface area contributed by atoms with Crippen LogP contribution in [0.3, 0.4) is 0 Å². The SMILES string of the molecule is Cc1cccc(Cl)c1-n1cc(C=O)nc1Cl. The van der Waals surface area contributed by atoms with Crippen molar-refractivity contribution in [2.75, 3.05) is 0 Å². The molecule has 0 aliphatic carbocycles. The van der Waals surface area contributed by atoms with E-state index in [1.165, 1.54) is 0 Å². The molecule has 0 fully saturated rings. The van der Waals surface area contributed by atoms with Gasteiger partial charge in [-0.2, -0.15) is 0 Å². The van der Waals surface area contributed by atoms with Crippen LogP contribution in [-0.2, 0) is 0 Å². The van der Waals surface area contributed by atoms with E-state index in [2.05, 4.69) is 4.98 Å². The van der Waals surface area contributed by atoms with E-state index in [1.807, 2.05) is 19.1 Å². The van der Waals surface area contributed by atoms with E-state index in [4.69, 9.17) is 23.2 Å². The summed E-state index contributed by atoms with van der Waals surface area (Å²) in [4.78, 5) is 14.5. The number of aldehydes is 1. The zero-order chi connectivity index (χ0) is 11.7. The Morgan fingerprint density at radius 3 is 2.69 bits per heavy atom. The van der Waals surface area contributed by atoms with Gasteiger partial charge in [0.2, 0.25) is 5.28 Å². The first-order valence-electron chi connectivity index (χ1n) is 4.59. The third-order valence-electron chi connectivity index (χ3n) is 2.23. The highest BCUT2D eigenvalue weighted by molar-refractivity contribution is 6.33. The van der Waals surface area contributed by atoms with Crippen LogP contribution in [0.25, 0.3) is 5.69 Å². The van der Waals surface area contributed by atoms with Crippen LogP contribution in [0.4, 0.5) is 0 Å². The molecule has 1 aromatic carbocycles. The van der Waals surface area contributed by atoms with Crippen LogP contribution in [0.5, 0.6) is 0 Å². The first-order valence-corrected chi connectivity index (χ1v) is 5.34. The normalized spacial score (nSPS) is 10.4. The molecule has 0 atom stereocenters. The van der Waals surface area contributed by atoms with Crippen molar-refractivity contribution in [3.05, 3.63) is 46.0 Å². The number of carbonyl (C=O) groups excluding carboxylic acids is 1. The smallest absolute Gasteiger partial charge is 0.208 e. The molecule has 2 aromatic rings. The molecule has 0 radical (unpaired) electrons. The average molecular weight is 255 g/mol. The minimum atomic E-state index is 0.221. The highest BCUT2D eigenvalue weighted by atomic mass is 35.5. The quantitative estimate of drug-likeness (QED) is 0.771. The van der Waals surface area contributed by atoms with Gasteiger partial charge in [0.15, 0.2) is 6.29 Å². The van der Waals surface area contributed by atoms with Gasteiger partial charge in [-0.1, -0.05) is 23.7 Å². The number of para-hydroxylation sites is 1. The number of halogens is 2. The molecule has 0 bridgehead atoms. The van der Waals surface area contributed by atoms with Crippen molar-refractivity contribution in [2.24, 2.45) is 0 Å². The van der Waals surface area contributed by atoms with Crippen molar-refractivity contribution in [1.29, 1.82) is 0 Å². The second-order valence-electron chi connectivity index (χ2n) is 3.33. The topological polar surface area (TPSA) is 34.9 Å². The zero-order valence-electron chi connectivity index (χ0n) is 8.45. The van der Waals surface area contributed by atoms with E-state index >= 15 is 0 Å². The van der Waals surface area contributed by atoms with Gasteiger partial charge < -0.3 is 0 Å². The lowest BCUT2D eigenvalue weighted by atomic mass is 10.2. The largest absolute Gasteiger partial charge is 0.296 e. The predicted octanol–water partition coefficient (Wildman–Crippen LogP) is 3.30. The minimum absolute atomic E-state index is 0.221. The third-order valence-corrected chi connectivity index (χ3v) is 2.80. The molecule has 5 heteroatoms. The second kappa shape index (κ2) is 4.28. The lowest BCUT2D eigenvalue weighted by molar-refractivity contribution is 0.111. The molecule has 0 saturated heterocycles. The maximum Gasteiger partial charge on any atom is 0.208 e. The van der Waals surface area contributed by atoms with Crippen LogP contribution in [0.2, 0.25) is 10.3 Å². The summed E-state index contributed by atoms with van der Waals surface area (Å²) < 4.78 is 1.60. The Bertz CT molecular complexity index is 529. The average Bonchev–Trinajstić information content (AvgIpc) is 2.60. The molecule has 82 valence electrons. The van der Waals surface area contributed by atoms with Crippen LogP contribution in [0.15, 0.2) is 24.4 Å². The van der Waals surface area contributed by atoms with Crippen LogP contribution in [-0.4, -0.2) is 15.8 Å². The number of imidazole rings is 1. The minimum Gasteiger partial charge on any atom is -0.296 e. The summed E-state index contributed by atoms with van der Waals surface area (Å²) >= 11 is 12.0. The molecular formula is C11H8Cl2N2O. The Kier molecular flexibility index (Phi) is 2.99. The third kappa shape index (κ3) is 1.84. The first-order chi connectivity index (χ1) is 7.63. The number of nitrogens with zero attached hydrogens (tertiary/aromatic N) is 2. The molecule has 0 saturated carbocycles. The summed E-state index contributed by atoms with van der Waals surface area (Å²) in [5.41, 5.74) is 1.99. The molecule has 0 N–H and O–H groups in total. The molecule has 0 unspecified atom stereocenters. The summed E-state index contributed by atoms with van der Waals surface area (Å²) in [5, 5.41) is 0.787. The van der Waals surface area contributed by atoms with Gasteiger partial charge in [-0.15, -0.1) is 0 Å². The van der Waals surface area contributed by atoms with Crippen molar-refractivity contribution in [2.45, 2.75) is 6.92 Å². The molecule has 0 spiro atoms. The van der Waals surface area contributed by atoms with Crippen molar-refractivity contribution < 1.29 is 4.79 Å². The van der Waals surface area contributed by atoms with Crippen LogP contribution in [0, 0.1) is 6.92 Å². The number of benzene rings is 1. The maximum absolute atomic E-state index is 10.6. The van der Waals surface area contributed by atoms with Crippen molar-refractivity contribution in [1.82, 2.24) is 9.55 Å². The van der Waals surface area contributed by atoms with Gasteiger partial charge in [0, 0.05) is 6.20 Å². The molecule has 0 aliphatic heterocycles. The number of aryl methyl sites for hydroxylation is 1. The number of aromatic nitrogens is 2. The number of rotatable bonds is 2. The fourth-order valence-electron chi connectivity index (χ4n) is 1.52. The van der Waals surface area contributed by atoms with E-state index in [1.54, 1.807) is 16.8 Å². The van der Waals surface area contributed by atoms with E-state index in [-0.39, 0.29) is 11.0 Å². The van der Waals surface area contributed by atoms with Gasteiger partial charge >= 0.3 is 0 Å². The molecule has 1 aromatic heterocycles. The molecule has 0 amide bonds. The second-order valence-corrected chi connectivity index (χ2v) is 4.07. The Hall–Kier alpha value is -1.32. The zero-order valence-corrected chi connectivity index (χ0v) is 9.96. The number of carbonyl (C=O) groups is 1. The fraction of sp³-hybridized carbons (Fsp3) is 0.0909. The number of hydrogen-bond acceptors (Lipinski definition) is 2. The highest BCUT2D eigenvalue weighted by Gasteiger charge is 2.11. The van der Waals surface area contributed by atoms with Gasteiger partial charge in [-0.3, -0.25) is 9.36 Å². The van der Waals surface area contributed by atoms with E-state index < -0.39 is 0 Å².